The van der Waals surface area contributed by atoms with E-state index in [1.807, 2.05) is 0 Å². The largest absolute Gasteiger partial charge is 0.369 e. The molecule has 1 heterocycles. The second kappa shape index (κ2) is 5.17. The smallest absolute Gasteiger partial charge is 0.0367 e. The van der Waals surface area contributed by atoms with E-state index in [9.17, 15) is 0 Å². The molecule has 0 bridgehead atoms. The van der Waals surface area contributed by atoms with Gasteiger partial charge in [0.2, 0.25) is 0 Å². The summed E-state index contributed by atoms with van der Waals surface area (Å²) in [6.07, 6.45) is 2.23. The first-order valence-corrected chi connectivity index (χ1v) is 5.70. The van der Waals surface area contributed by atoms with Crippen molar-refractivity contribution < 1.29 is 0 Å². The first kappa shape index (κ1) is 10.5. The minimum absolute atomic E-state index is 1.13. The lowest BCUT2D eigenvalue weighted by Crippen LogP contribution is -2.46. The Morgan fingerprint density at radius 1 is 1.07 bits per heavy atom. The fourth-order valence-corrected chi connectivity index (χ4v) is 2.09. The van der Waals surface area contributed by atoms with E-state index in [-0.39, 0.29) is 0 Å². The lowest BCUT2D eigenvalue weighted by molar-refractivity contribution is 0.277. The quantitative estimate of drug-likeness (QED) is 0.741. The Kier molecular flexibility index (Phi) is 3.62. The second-order valence-electron chi connectivity index (χ2n) is 4.03. The molecule has 1 saturated heterocycles. The van der Waals surface area contributed by atoms with Crippen LogP contribution >= 0.6 is 0 Å². The molecule has 1 aliphatic heterocycles. The van der Waals surface area contributed by atoms with E-state index in [4.69, 9.17) is 0 Å². The van der Waals surface area contributed by atoms with Gasteiger partial charge >= 0.3 is 0 Å². The molecule has 0 saturated carbocycles. The number of rotatable bonds is 3. The van der Waals surface area contributed by atoms with E-state index in [0.717, 1.165) is 19.6 Å². The Bertz CT molecular complexity index is 276. The summed E-state index contributed by atoms with van der Waals surface area (Å²) in [7, 11) is 0. The fraction of sp³-hybridized carbons (Fsp3) is 0.462. The number of anilines is 1. The van der Waals surface area contributed by atoms with Crippen LogP contribution in [0.15, 0.2) is 30.3 Å². The summed E-state index contributed by atoms with van der Waals surface area (Å²) in [6, 6.07) is 10.7. The molecule has 1 aromatic carbocycles. The molecule has 2 nitrogen and oxygen atoms in total. The first-order valence-electron chi connectivity index (χ1n) is 5.70. The monoisotopic (exact) mass is 203 g/mol. The van der Waals surface area contributed by atoms with Gasteiger partial charge in [0, 0.05) is 38.4 Å². The number of nitrogens with zero attached hydrogens (tertiary/aromatic N) is 2. The maximum Gasteiger partial charge on any atom is 0.0367 e. The zero-order chi connectivity index (χ0) is 10.5. The van der Waals surface area contributed by atoms with Crippen molar-refractivity contribution in [1.29, 1.82) is 0 Å². The number of benzene rings is 1. The lowest BCUT2D eigenvalue weighted by atomic mass is 10.2. The van der Waals surface area contributed by atoms with E-state index in [0.29, 0.717) is 0 Å². The normalized spacial score (nSPS) is 18.1. The van der Waals surface area contributed by atoms with Gasteiger partial charge in [-0.1, -0.05) is 25.1 Å². The molecule has 0 spiro atoms. The molecule has 15 heavy (non-hydrogen) atoms. The molecule has 81 valence electrons. The Morgan fingerprint density at radius 2 is 1.73 bits per heavy atom. The third-order valence-electron chi connectivity index (χ3n) is 2.93. The molecule has 0 atom stereocenters. The van der Waals surface area contributed by atoms with Gasteiger partial charge in [-0.3, -0.25) is 4.90 Å². The van der Waals surface area contributed by atoms with Gasteiger partial charge in [0.1, 0.15) is 0 Å². The predicted octanol–water partition coefficient (Wildman–Crippen LogP) is 2.03. The van der Waals surface area contributed by atoms with Gasteiger partial charge < -0.3 is 4.90 Å². The molecular weight excluding hydrogens is 184 g/mol. The maximum atomic E-state index is 2.50. The Labute approximate surface area is 92.5 Å². The lowest BCUT2D eigenvalue weighted by Gasteiger charge is -2.35. The van der Waals surface area contributed by atoms with Crippen molar-refractivity contribution in [2.75, 3.05) is 37.6 Å². The van der Waals surface area contributed by atoms with Crippen LogP contribution in [-0.2, 0) is 0 Å². The summed E-state index contributed by atoms with van der Waals surface area (Å²) in [6.45, 7) is 7.92. The van der Waals surface area contributed by atoms with E-state index in [1.165, 1.54) is 18.8 Å². The fourth-order valence-electron chi connectivity index (χ4n) is 2.09. The van der Waals surface area contributed by atoms with Crippen molar-refractivity contribution in [1.82, 2.24) is 4.90 Å². The average Bonchev–Trinajstić information content (AvgIpc) is 2.32. The van der Waals surface area contributed by atoms with Crippen molar-refractivity contribution in [2.24, 2.45) is 0 Å². The van der Waals surface area contributed by atoms with Gasteiger partial charge in [-0.05, 0) is 18.6 Å². The number of piperazine rings is 1. The highest BCUT2D eigenvalue weighted by molar-refractivity contribution is 5.46. The van der Waals surface area contributed by atoms with Crippen LogP contribution in [0.4, 0.5) is 5.69 Å². The highest BCUT2D eigenvalue weighted by Crippen LogP contribution is 2.15. The van der Waals surface area contributed by atoms with E-state index in [2.05, 4.69) is 53.5 Å². The van der Waals surface area contributed by atoms with Crippen molar-refractivity contribution in [3.8, 4) is 0 Å². The molecule has 1 fully saturated rings. The van der Waals surface area contributed by atoms with Crippen LogP contribution in [0.3, 0.4) is 0 Å². The van der Waals surface area contributed by atoms with Crippen LogP contribution in [0.25, 0.3) is 0 Å². The van der Waals surface area contributed by atoms with Gasteiger partial charge in [0.15, 0.2) is 0 Å². The summed E-state index contributed by atoms with van der Waals surface area (Å²) in [5.74, 6) is 0. The van der Waals surface area contributed by atoms with Crippen molar-refractivity contribution in [3.05, 3.63) is 36.8 Å². The van der Waals surface area contributed by atoms with Crippen LogP contribution in [0.1, 0.15) is 6.92 Å². The maximum absolute atomic E-state index is 2.50. The number of hydrogen-bond donors (Lipinski definition) is 0. The van der Waals surface area contributed by atoms with Crippen molar-refractivity contribution >= 4 is 5.69 Å². The minimum atomic E-state index is 1.13. The molecule has 0 N–H and O–H groups in total. The Balaban J connectivity index is 1.88. The summed E-state index contributed by atoms with van der Waals surface area (Å²) in [4.78, 5) is 4.96. The van der Waals surface area contributed by atoms with Crippen LogP contribution in [0.5, 0.6) is 0 Å². The van der Waals surface area contributed by atoms with Crippen LogP contribution in [-0.4, -0.2) is 37.6 Å². The third-order valence-corrected chi connectivity index (χ3v) is 2.93. The summed E-state index contributed by atoms with van der Waals surface area (Å²) in [5, 5.41) is 0. The highest BCUT2D eigenvalue weighted by atomic mass is 15.3. The molecular formula is C13H19N2. The molecule has 0 aromatic heterocycles. The van der Waals surface area contributed by atoms with Gasteiger partial charge in [-0.2, -0.15) is 0 Å². The summed E-state index contributed by atoms with van der Waals surface area (Å²) in [5.41, 5.74) is 1.36. The molecule has 1 radical (unpaired) electrons. The molecule has 1 aromatic rings. The predicted molar refractivity (Wildman–Crippen MR) is 65.1 cm³/mol. The second-order valence-corrected chi connectivity index (χ2v) is 4.03. The average molecular weight is 203 g/mol. The minimum Gasteiger partial charge on any atom is -0.369 e. The zero-order valence-electron chi connectivity index (χ0n) is 9.39. The van der Waals surface area contributed by atoms with Crippen LogP contribution in [0, 0.1) is 6.42 Å². The van der Waals surface area contributed by atoms with Gasteiger partial charge in [0.25, 0.3) is 0 Å². The standard InChI is InChI=1S/C13H19N2/c1-2-8-14-9-11-15(12-10-14)13-6-4-3-5-7-13/h2-7H,8-12H2,1H3. The SMILES string of the molecule is C[CH]CN1CCN(c2ccccc2)CC1. The third kappa shape index (κ3) is 2.72. The molecule has 0 unspecified atom stereocenters. The molecule has 1 aliphatic rings. The first-order chi connectivity index (χ1) is 7.40. The van der Waals surface area contributed by atoms with E-state index >= 15 is 0 Å². The van der Waals surface area contributed by atoms with E-state index < -0.39 is 0 Å². The van der Waals surface area contributed by atoms with Crippen LogP contribution < -0.4 is 4.90 Å². The Hall–Kier alpha value is -1.02. The zero-order valence-corrected chi connectivity index (χ0v) is 9.39. The number of hydrogen-bond acceptors (Lipinski definition) is 2. The Morgan fingerprint density at radius 3 is 2.33 bits per heavy atom. The highest BCUT2D eigenvalue weighted by Gasteiger charge is 2.15. The summed E-state index contributed by atoms with van der Waals surface area (Å²) < 4.78 is 0. The van der Waals surface area contributed by atoms with Gasteiger partial charge in [-0.15, -0.1) is 0 Å². The van der Waals surface area contributed by atoms with Crippen molar-refractivity contribution in [2.45, 2.75) is 6.92 Å². The molecule has 0 amide bonds. The molecule has 0 aliphatic carbocycles. The van der Waals surface area contributed by atoms with Crippen LogP contribution in [0.2, 0.25) is 0 Å². The molecule has 2 heteroatoms. The van der Waals surface area contributed by atoms with Gasteiger partial charge in [0.05, 0.1) is 0 Å². The van der Waals surface area contributed by atoms with Crippen molar-refractivity contribution in [3.63, 3.8) is 0 Å². The topological polar surface area (TPSA) is 6.48 Å². The van der Waals surface area contributed by atoms with Gasteiger partial charge in [-0.25, -0.2) is 0 Å². The number of para-hydroxylation sites is 1. The molecule has 2 rings (SSSR count). The summed E-state index contributed by atoms with van der Waals surface area (Å²) >= 11 is 0. The van der Waals surface area contributed by atoms with E-state index in [1.54, 1.807) is 0 Å².